The van der Waals surface area contributed by atoms with E-state index in [2.05, 4.69) is 5.32 Å². The SMILES string of the molecule is Cc1ccc(C(C(=O)NC2CCCC2)N(C(=O)c2ccco2)c2ccc3c(c2)OCO3)cc1. The van der Waals surface area contributed by atoms with Gasteiger partial charge in [0.15, 0.2) is 17.3 Å². The Morgan fingerprint density at radius 1 is 1.00 bits per heavy atom. The van der Waals surface area contributed by atoms with Crippen molar-refractivity contribution in [1.29, 1.82) is 0 Å². The van der Waals surface area contributed by atoms with Crippen LogP contribution in [0, 0.1) is 6.92 Å². The van der Waals surface area contributed by atoms with Gasteiger partial charge in [0.1, 0.15) is 6.04 Å². The summed E-state index contributed by atoms with van der Waals surface area (Å²) in [6, 6.07) is 15.4. The van der Waals surface area contributed by atoms with E-state index in [0.717, 1.165) is 31.2 Å². The average molecular weight is 447 g/mol. The molecule has 0 spiro atoms. The molecule has 2 aliphatic rings. The van der Waals surface area contributed by atoms with Crippen molar-refractivity contribution in [3.8, 4) is 11.5 Å². The fraction of sp³-hybridized carbons (Fsp3) is 0.308. The summed E-state index contributed by atoms with van der Waals surface area (Å²) in [6.45, 7) is 2.11. The summed E-state index contributed by atoms with van der Waals surface area (Å²) >= 11 is 0. The lowest BCUT2D eigenvalue weighted by Crippen LogP contribution is -2.46. The van der Waals surface area contributed by atoms with Crippen molar-refractivity contribution in [3.05, 3.63) is 77.7 Å². The first-order valence-corrected chi connectivity index (χ1v) is 11.2. The molecule has 1 saturated carbocycles. The van der Waals surface area contributed by atoms with Crippen LogP contribution < -0.4 is 19.7 Å². The minimum Gasteiger partial charge on any atom is -0.459 e. The van der Waals surface area contributed by atoms with Gasteiger partial charge in [-0.1, -0.05) is 42.7 Å². The molecule has 5 rings (SSSR count). The van der Waals surface area contributed by atoms with Crippen LogP contribution in [0.3, 0.4) is 0 Å². The van der Waals surface area contributed by atoms with E-state index in [0.29, 0.717) is 22.7 Å². The molecule has 2 aromatic carbocycles. The Bertz CT molecular complexity index is 1130. The molecule has 7 heteroatoms. The van der Waals surface area contributed by atoms with Crippen molar-refractivity contribution in [2.75, 3.05) is 11.7 Å². The number of furan rings is 1. The maximum absolute atomic E-state index is 13.7. The quantitative estimate of drug-likeness (QED) is 0.590. The Labute approximate surface area is 192 Å². The number of hydrogen-bond acceptors (Lipinski definition) is 5. The number of anilines is 1. The molecular formula is C26H26N2O5. The number of nitrogens with zero attached hydrogens (tertiary/aromatic N) is 1. The van der Waals surface area contributed by atoms with Crippen LogP contribution in [0.5, 0.6) is 11.5 Å². The molecule has 0 saturated heterocycles. The van der Waals surface area contributed by atoms with Gasteiger partial charge in [0.05, 0.1) is 6.26 Å². The van der Waals surface area contributed by atoms with Crippen molar-refractivity contribution in [3.63, 3.8) is 0 Å². The number of carbonyl (C=O) groups excluding carboxylic acids is 2. The molecule has 2 heterocycles. The molecule has 1 aliphatic carbocycles. The highest BCUT2D eigenvalue weighted by Gasteiger charge is 2.36. The highest BCUT2D eigenvalue weighted by Crippen LogP contribution is 2.39. The zero-order valence-corrected chi connectivity index (χ0v) is 18.5. The first-order valence-electron chi connectivity index (χ1n) is 11.2. The molecule has 33 heavy (non-hydrogen) atoms. The van der Waals surface area contributed by atoms with Gasteiger partial charge in [-0.05, 0) is 49.6 Å². The van der Waals surface area contributed by atoms with Crippen LogP contribution in [0.15, 0.2) is 65.3 Å². The standard InChI is InChI=1S/C26H26N2O5/c1-17-8-10-18(11-9-17)24(25(29)27-19-5-2-3-6-19)28(26(30)22-7-4-14-31-22)20-12-13-21-23(15-20)33-16-32-21/h4,7-15,19,24H,2-3,5-6,16H2,1H3,(H,27,29). The Hall–Kier alpha value is -3.74. The molecule has 0 bridgehead atoms. The summed E-state index contributed by atoms with van der Waals surface area (Å²) < 4.78 is 16.4. The highest BCUT2D eigenvalue weighted by atomic mass is 16.7. The molecule has 1 atom stereocenters. The predicted octanol–water partition coefficient (Wildman–Crippen LogP) is 4.76. The molecule has 3 aromatic rings. The third-order valence-corrected chi connectivity index (χ3v) is 6.19. The van der Waals surface area contributed by atoms with E-state index in [-0.39, 0.29) is 24.5 Å². The van der Waals surface area contributed by atoms with Crippen LogP contribution >= 0.6 is 0 Å². The van der Waals surface area contributed by atoms with Crippen LogP contribution in [0.4, 0.5) is 5.69 Å². The number of aryl methyl sites for hydroxylation is 1. The van der Waals surface area contributed by atoms with Crippen molar-refractivity contribution < 1.29 is 23.5 Å². The van der Waals surface area contributed by atoms with E-state index in [1.807, 2.05) is 31.2 Å². The highest BCUT2D eigenvalue weighted by molar-refractivity contribution is 6.08. The van der Waals surface area contributed by atoms with E-state index in [9.17, 15) is 9.59 Å². The second-order valence-corrected chi connectivity index (χ2v) is 8.49. The number of carbonyl (C=O) groups is 2. The molecule has 1 aromatic heterocycles. The third kappa shape index (κ3) is 4.31. The van der Waals surface area contributed by atoms with E-state index in [1.54, 1.807) is 30.3 Å². The van der Waals surface area contributed by atoms with Gasteiger partial charge in [-0.25, -0.2) is 0 Å². The summed E-state index contributed by atoms with van der Waals surface area (Å²) in [5.41, 5.74) is 2.31. The molecule has 1 aliphatic heterocycles. The van der Waals surface area contributed by atoms with E-state index in [1.165, 1.54) is 11.2 Å². The van der Waals surface area contributed by atoms with Crippen LogP contribution in [0.25, 0.3) is 0 Å². The molecule has 1 N–H and O–H groups in total. The maximum Gasteiger partial charge on any atom is 0.294 e. The number of amides is 2. The lowest BCUT2D eigenvalue weighted by Gasteiger charge is -2.32. The summed E-state index contributed by atoms with van der Waals surface area (Å²) in [6.07, 6.45) is 5.53. The van der Waals surface area contributed by atoms with Crippen LogP contribution in [-0.2, 0) is 4.79 Å². The number of ether oxygens (including phenoxy) is 2. The first kappa shape index (κ1) is 21.1. The second-order valence-electron chi connectivity index (χ2n) is 8.49. The smallest absolute Gasteiger partial charge is 0.294 e. The van der Waals surface area contributed by atoms with Gasteiger partial charge >= 0.3 is 0 Å². The van der Waals surface area contributed by atoms with Gasteiger partial charge in [0, 0.05) is 17.8 Å². The van der Waals surface area contributed by atoms with Crippen LogP contribution in [0.1, 0.15) is 53.4 Å². The molecule has 2 amide bonds. The molecule has 7 nitrogen and oxygen atoms in total. The Balaban J connectivity index is 1.60. The van der Waals surface area contributed by atoms with Crippen LogP contribution in [0.2, 0.25) is 0 Å². The number of hydrogen-bond donors (Lipinski definition) is 1. The summed E-state index contributed by atoms with van der Waals surface area (Å²) in [4.78, 5) is 28.9. The van der Waals surface area contributed by atoms with E-state index < -0.39 is 11.9 Å². The molecule has 0 radical (unpaired) electrons. The zero-order chi connectivity index (χ0) is 22.8. The summed E-state index contributed by atoms with van der Waals surface area (Å²) in [5, 5.41) is 3.18. The van der Waals surface area contributed by atoms with Gasteiger partial charge < -0.3 is 19.2 Å². The van der Waals surface area contributed by atoms with Gasteiger partial charge in [-0.3, -0.25) is 14.5 Å². The van der Waals surface area contributed by atoms with Gasteiger partial charge in [0.25, 0.3) is 5.91 Å². The van der Waals surface area contributed by atoms with Crippen LogP contribution in [-0.4, -0.2) is 24.6 Å². The lowest BCUT2D eigenvalue weighted by atomic mass is 10.0. The Kier molecular flexibility index (Phi) is 5.77. The van der Waals surface area contributed by atoms with E-state index in [4.69, 9.17) is 13.9 Å². The molecular weight excluding hydrogens is 420 g/mol. The second kappa shape index (κ2) is 9.02. The molecule has 1 unspecified atom stereocenters. The minimum atomic E-state index is -0.885. The maximum atomic E-state index is 13.7. The topological polar surface area (TPSA) is 81.0 Å². The van der Waals surface area contributed by atoms with Gasteiger partial charge in [-0.2, -0.15) is 0 Å². The number of benzene rings is 2. The van der Waals surface area contributed by atoms with Crippen molar-refractivity contribution >= 4 is 17.5 Å². The minimum absolute atomic E-state index is 0.114. The van der Waals surface area contributed by atoms with Gasteiger partial charge in [0.2, 0.25) is 12.7 Å². The number of nitrogens with one attached hydrogen (secondary N) is 1. The lowest BCUT2D eigenvalue weighted by molar-refractivity contribution is -0.123. The van der Waals surface area contributed by atoms with Crippen molar-refractivity contribution in [1.82, 2.24) is 5.32 Å². The summed E-state index contributed by atoms with van der Waals surface area (Å²) in [5.74, 6) is 0.655. The van der Waals surface area contributed by atoms with Gasteiger partial charge in [-0.15, -0.1) is 0 Å². The molecule has 170 valence electrons. The monoisotopic (exact) mass is 446 g/mol. The number of fused-ring (bicyclic) bond motifs is 1. The predicted molar refractivity (Wildman–Crippen MR) is 122 cm³/mol. The summed E-state index contributed by atoms with van der Waals surface area (Å²) in [7, 11) is 0. The number of rotatable bonds is 6. The Morgan fingerprint density at radius 2 is 1.76 bits per heavy atom. The fourth-order valence-electron chi connectivity index (χ4n) is 4.45. The zero-order valence-electron chi connectivity index (χ0n) is 18.5. The third-order valence-electron chi connectivity index (χ3n) is 6.19. The normalized spacial score (nSPS) is 15.9. The van der Waals surface area contributed by atoms with Crippen molar-refractivity contribution in [2.45, 2.75) is 44.7 Å². The Morgan fingerprint density at radius 3 is 2.48 bits per heavy atom. The van der Waals surface area contributed by atoms with E-state index >= 15 is 0 Å². The largest absolute Gasteiger partial charge is 0.459 e. The fourth-order valence-corrected chi connectivity index (χ4v) is 4.45. The average Bonchev–Trinajstić information content (AvgIpc) is 3.60. The molecule has 1 fully saturated rings. The first-order chi connectivity index (χ1) is 16.1. The van der Waals surface area contributed by atoms with Crippen molar-refractivity contribution in [2.24, 2.45) is 0 Å².